The molecule has 0 fully saturated rings. The highest BCUT2D eigenvalue weighted by molar-refractivity contribution is 5.77. The van der Waals surface area contributed by atoms with E-state index in [1.807, 2.05) is 48.5 Å². The molecule has 1 N–H and O–H groups in total. The molecule has 0 aliphatic carbocycles. The summed E-state index contributed by atoms with van der Waals surface area (Å²) in [4.78, 5) is 11.7. The van der Waals surface area contributed by atoms with Gasteiger partial charge in [-0.2, -0.15) is 0 Å². The molecule has 4 nitrogen and oxygen atoms in total. The van der Waals surface area contributed by atoms with Crippen molar-refractivity contribution in [3.8, 4) is 16.9 Å². The number of rotatable bonds is 6. The average Bonchev–Trinajstić information content (AvgIpc) is 3.13. The number of amides is 1. The first-order valence-corrected chi connectivity index (χ1v) is 7.38. The van der Waals surface area contributed by atoms with E-state index in [2.05, 4.69) is 17.4 Å². The van der Waals surface area contributed by atoms with Crippen LogP contribution in [0.25, 0.3) is 11.1 Å². The Morgan fingerprint density at radius 1 is 0.913 bits per heavy atom. The van der Waals surface area contributed by atoms with Crippen molar-refractivity contribution in [2.45, 2.75) is 6.54 Å². The Morgan fingerprint density at radius 2 is 1.65 bits per heavy atom. The van der Waals surface area contributed by atoms with Crippen molar-refractivity contribution >= 4 is 5.91 Å². The number of hydrogen-bond donors (Lipinski definition) is 1. The van der Waals surface area contributed by atoms with Gasteiger partial charge in [0.2, 0.25) is 0 Å². The van der Waals surface area contributed by atoms with E-state index in [1.165, 1.54) is 0 Å². The van der Waals surface area contributed by atoms with Gasteiger partial charge in [0.25, 0.3) is 5.91 Å². The van der Waals surface area contributed by atoms with E-state index in [4.69, 9.17) is 9.15 Å². The van der Waals surface area contributed by atoms with Crippen LogP contribution in [0.5, 0.6) is 5.75 Å². The molecule has 1 heterocycles. The maximum absolute atomic E-state index is 11.7. The third kappa shape index (κ3) is 4.23. The van der Waals surface area contributed by atoms with Crippen molar-refractivity contribution in [2.24, 2.45) is 0 Å². The predicted octanol–water partition coefficient (Wildman–Crippen LogP) is 3.64. The molecule has 0 unspecified atom stereocenters. The fraction of sp³-hybridized carbons (Fsp3) is 0.105. The number of carbonyl (C=O) groups excluding carboxylic acids is 1. The number of hydrogen-bond acceptors (Lipinski definition) is 3. The zero-order valence-electron chi connectivity index (χ0n) is 12.6. The summed E-state index contributed by atoms with van der Waals surface area (Å²) in [6.45, 7) is 0.341. The van der Waals surface area contributed by atoms with Crippen molar-refractivity contribution in [1.29, 1.82) is 0 Å². The second-order valence-corrected chi connectivity index (χ2v) is 5.04. The smallest absolute Gasteiger partial charge is 0.258 e. The Labute approximate surface area is 134 Å². The van der Waals surface area contributed by atoms with Gasteiger partial charge in [-0.1, -0.05) is 42.5 Å². The maximum atomic E-state index is 11.7. The topological polar surface area (TPSA) is 51.5 Å². The van der Waals surface area contributed by atoms with Gasteiger partial charge in [0.05, 0.1) is 12.8 Å². The summed E-state index contributed by atoms with van der Waals surface area (Å²) in [5, 5.41) is 2.73. The molecule has 0 bridgehead atoms. The van der Waals surface area contributed by atoms with Gasteiger partial charge in [-0.3, -0.25) is 4.79 Å². The molecule has 0 atom stereocenters. The molecule has 1 amide bonds. The summed E-state index contributed by atoms with van der Waals surface area (Å²) < 4.78 is 10.6. The lowest BCUT2D eigenvalue weighted by Gasteiger charge is -2.08. The highest BCUT2D eigenvalue weighted by Crippen LogP contribution is 2.21. The van der Waals surface area contributed by atoms with E-state index >= 15 is 0 Å². The van der Waals surface area contributed by atoms with Crippen LogP contribution in [0.2, 0.25) is 0 Å². The van der Waals surface area contributed by atoms with Gasteiger partial charge in [0.1, 0.15) is 11.5 Å². The lowest BCUT2D eigenvalue weighted by Crippen LogP contribution is -2.28. The number of benzene rings is 2. The second-order valence-electron chi connectivity index (χ2n) is 5.04. The third-order valence-corrected chi connectivity index (χ3v) is 3.37. The molecule has 23 heavy (non-hydrogen) atoms. The minimum atomic E-state index is -0.187. The highest BCUT2D eigenvalue weighted by Gasteiger charge is 2.04. The number of ether oxygens (including phenoxy) is 1. The fourth-order valence-electron chi connectivity index (χ4n) is 2.17. The molecule has 0 saturated carbocycles. The van der Waals surface area contributed by atoms with Crippen molar-refractivity contribution in [2.75, 3.05) is 6.61 Å². The number of furan rings is 1. The normalized spacial score (nSPS) is 10.3. The van der Waals surface area contributed by atoms with Gasteiger partial charge >= 0.3 is 0 Å². The van der Waals surface area contributed by atoms with E-state index in [9.17, 15) is 4.79 Å². The largest absolute Gasteiger partial charge is 0.484 e. The standard InChI is InChI=1S/C19H17NO3/c21-19(20-13-18-7-4-12-22-18)14-23-17-10-8-16(9-11-17)15-5-2-1-3-6-15/h1-12H,13-14H2,(H,20,21). The summed E-state index contributed by atoms with van der Waals surface area (Å²) in [6, 6.07) is 21.4. The summed E-state index contributed by atoms with van der Waals surface area (Å²) in [5.74, 6) is 1.19. The van der Waals surface area contributed by atoms with Crippen molar-refractivity contribution < 1.29 is 13.9 Å². The minimum absolute atomic E-state index is 0.0224. The quantitative estimate of drug-likeness (QED) is 0.756. The van der Waals surface area contributed by atoms with Gasteiger partial charge in [0, 0.05) is 0 Å². The van der Waals surface area contributed by atoms with Crippen LogP contribution in [-0.2, 0) is 11.3 Å². The lowest BCUT2D eigenvalue weighted by atomic mass is 10.1. The van der Waals surface area contributed by atoms with E-state index in [-0.39, 0.29) is 12.5 Å². The molecule has 2 aromatic carbocycles. The molecule has 0 spiro atoms. The van der Waals surface area contributed by atoms with Gasteiger partial charge < -0.3 is 14.5 Å². The van der Waals surface area contributed by atoms with E-state index in [1.54, 1.807) is 12.3 Å². The molecule has 0 saturated heterocycles. The second kappa shape index (κ2) is 7.31. The predicted molar refractivity (Wildman–Crippen MR) is 87.9 cm³/mol. The van der Waals surface area contributed by atoms with Crippen LogP contribution in [0.1, 0.15) is 5.76 Å². The molecule has 116 valence electrons. The molecular formula is C19H17NO3. The van der Waals surface area contributed by atoms with Crippen LogP contribution in [0, 0.1) is 0 Å². The first-order chi connectivity index (χ1) is 11.3. The zero-order valence-corrected chi connectivity index (χ0v) is 12.6. The highest BCUT2D eigenvalue weighted by atomic mass is 16.5. The molecule has 1 aromatic heterocycles. The molecule has 4 heteroatoms. The van der Waals surface area contributed by atoms with Crippen molar-refractivity contribution in [1.82, 2.24) is 5.32 Å². The molecule has 3 rings (SSSR count). The first kappa shape index (κ1) is 14.9. The van der Waals surface area contributed by atoms with Crippen LogP contribution in [0.3, 0.4) is 0 Å². The van der Waals surface area contributed by atoms with Crippen LogP contribution < -0.4 is 10.1 Å². The molecule has 0 aliphatic heterocycles. The van der Waals surface area contributed by atoms with Gasteiger partial charge in [-0.25, -0.2) is 0 Å². The Kier molecular flexibility index (Phi) is 4.74. The fourth-order valence-corrected chi connectivity index (χ4v) is 2.17. The van der Waals surface area contributed by atoms with E-state index in [0.717, 1.165) is 11.1 Å². The molecule has 3 aromatic rings. The van der Waals surface area contributed by atoms with Gasteiger partial charge in [0.15, 0.2) is 6.61 Å². The van der Waals surface area contributed by atoms with Gasteiger partial charge in [-0.05, 0) is 35.4 Å². The number of nitrogens with one attached hydrogen (secondary N) is 1. The zero-order chi connectivity index (χ0) is 15.9. The molecule has 0 radical (unpaired) electrons. The Hall–Kier alpha value is -3.01. The molecular weight excluding hydrogens is 290 g/mol. The monoisotopic (exact) mass is 307 g/mol. The summed E-state index contributed by atoms with van der Waals surface area (Å²) >= 11 is 0. The van der Waals surface area contributed by atoms with Crippen LogP contribution in [0.15, 0.2) is 77.4 Å². The van der Waals surface area contributed by atoms with Crippen LogP contribution in [-0.4, -0.2) is 12.5 Å². The summed E-state index contributed by atoms with van der Waals surface area (Å²) in [6.07, 6.45) is 1.58. The van der Waals surface area contributed by atoms with Crippen LogP contribution >= 0.6 is 0 Å². The Bertz CT molecular complexity index is 734. The van der Waals surface area contributed by atoms with Crippen molar-refractivity contribution in [3.63, 3.8) is 0 Å². The molecule has 0 aliphatic rings. The van der Waals surface area contributed by atoms with Crippen molar-refractivity contribution in [3.05, 3.63) is 78.8 Å². The van der Waals surface area contributed by atoms with Crippen LogP contribution in [0.4, 0.5) is 0 Å². The SMILES string of the molecule is O=C(COc1ccc(-c2ccccc2)cc1)NCc1ccco1. The minimum Gasteiger partial charge on any atom is -0.484 e. The Morgan fingerprint density at radius 3 is 2.35 bits per heavy atom. The van der Waals surface area contributed by atoms with Gasteiger partial charge in [-0.15, -0.1) is 0 Å². The Balaban J connectivity index is 1.49. The summed E-state index contributed by atoms with van der Waals surface area (Å²) in [5.41, 5.74) is 2.26. The number of carbonyl (C=O) groups is 1. The maximum Gasteiger partial charge on any atom is 0.258 e. The first-order valence-electron chi connectivity index (χ1n) is 7.38. The lowest BCUT2D eigenvalue weighted by molar-refractivity contribution is -0.123. The van der Waals surface area contributed by atoms with E-state index in [0.29, 0.717) is 18.1 Å². The third-order valence-electron chi connectivity index (χ3n) is 3.37. The summed E-state index contributed by atoms with van der Waals surface area (Å²) in [7, 11) is 0. The average molecular weight is 307 g/mol. The van der Waals surface area contributed by atoms with E-state index < -0.39 is 0 Å².